The number of likely N-dealkylation sites (tertiary alicyclic amines) is 2. The number of anilines is 3. The summed E-state index contributed by atoms with van der Waals surface area (Å²) in [5.41, 5.74) is 8.04. The van der Waals surface area contributed by atoms with Crippen molar-refractivity contribution in [2.24, 2.45) is 5.73 Å². The fraction of sp³-hybridized carbons (Fsp3) is 0.613. The normalized spacial score (nSPS) is 24.0. The van der Waals surface area contributed by atoms with Crippen LogP contribution < -0.4 is 16.0 Å². The largest absolute Gasteiger partial charge is 0.364 e. The van der Waals surface area contributed by atoms with Crippen LogP contribution in [-0.2, 0) is 0 Å². The number of nitrogens with one attached hydrogen (secondary N) is 1. The Kier molecular flexibility index (Phi) is 8.01. The number of rotatable bonds is 6. The molecule has 0 spiro atoms. The number of hydrogen-bond acceptors (Lipinski definition) is 7. The minimum Gasteiger partial charge on any atom is -0.364 e. The van der Waals surface area contributed by atoms with E-state index in [1.165, 1.54) is 57.2 Å². The van der Waals surface area contributed by atoms with Gasteiger partial charge in [-0.15, -0.1) is 0 Å². The number of piperidine rings is 2. The number of carbonyl (C=O) groups is 2. The Morgan fingerprint density at radius 2 is 1.63 bits per heavy atom. The van der Waals surface area contributed by atoms with Crippen LogP contribution >= 0.6 is 0 Å². The van der Waals surface area contributed by atoms with E-state index in [0.717, 1.165) is 44.1 Å². The number of benzene rings is 1. The van der Waals surface area contributed by atoms with E-state index in [4.69, 9.17) is 10.7 Å². The van der Waals surface area contributed by atoms with Gasteiger partial charge in [0, 0.05) is 38.9 Å². The van der Waals surface area contributed by atoms with E-state index in [1.54, 1.807) is 25.2 Å². The molecule has 6 rings (SSSR count). The zero-order chi connectivity index (χ0) is 28.5. The number of carbonyl (C=O) groups excluding carboxylic acids is 2. The van der Waals surface area contributed by atoms with Crippen molar-refractivity contribution in [2.75, 3.05) is 50.5 Å². The maximum Gasteiger partial charge on any atom is 0.319 e. The van der Waals surface area contributed by atoms with Gasteiger partial charge in [0.25, 0.3) is 5.91 Å². The highest BCUT2D eigenvalue weighted by molar-refractivity contribution is 5.96. The Balaban J connectivity index is 1.15. The Morgan fingerprint density at radius 3 is 2.32 bits per heavy atom. The van der Waals surface area contributed by atoms with Gasteiger partial charge >= 0.3 is 6.03 Å². The molecule has 1 saturated carbocycles. The molecule has 1 aromatic heterocycles. The van der Waals surface area contributed by atoms with Crippen LogP contribution in [0.4, 0.5) is 22.1 Å². The van der Waals surface area contributed by atoms with Gasteiger partial charge in [0.2, 0.25) is 0 Å². The van der Waals surface area contributed by atoms with Gasteiger partial charge in [-0.3, -0.25) is 4.79 Å². The highest BCUT2D eigenvalue weighted by Crippen LogP contribution is 2.36. The number of nitrogens with zero attached hydrogens (tertiary/aromatic N) is 6. The van der Waals surface area contributed by atoms with Gasteiger partial charge in [-0.1, -0.05) is 25.0 Å². The predicted molar refractivity (Wildman–Crippen MR) is 161 cm³/mol. The maximum absolute atomic E-state index is 12.8. The Morgan fingerprint density at radius 1 is 0.902 bits per heavy atom. The van der Waals surface area contributed by atoms with Gasteiger partial charge in [0.15, 0.2) is 11.5 Å². The summed E-state index contributed by atoms with van der Waals surface area (Å²) in [6.07, 6.45) is 12.4. The number of primary amides is 1. The van der Waals surface area contributed by atoms with Gasteiger partial charge < -0.3 is 30.7 Å². The molecule has 1 aliphatic carbocycles. The van der Waals surface area contributed by atoms with Crippen molar-refractivity contribution in [1.82, 2.24) is 24.7 Å². The van der Waals surface area contributed by atoms with Gasteiger partial charge in [0.1, 0.15) is 5.82 Å². The van der Waals surface area contributed by atoms with Crippen molar-refractivity contribution in [3.8, 4) is 0 Å². The predicted octanol–water partition coefficient (Wildman–Crippen LogP) is 4.17. The minimum atomic E-state index is -0.614. The van der Waals surface area contributed by atoms with Gasteiger partial charge in [-0.25, -0.2) is 14.8 Å². The molecule has 220 valence electrons. The van der Waals surface area contributed by atoms with Crippen LogP contribution in [0.3, 0.4) is 0 Å². The topological polar surface area (TPSA) is 111 Å². The standard InChI is InChI=1S/C31H44N8O2/c1-36(2)31(41)39-19-15-26-25(39)8-5-16-38(26)27-20-33-28(29(32)40)30(35-27)34-23-11-9-21(10-12-23)22-13-17-37(18-14-22)24-6-3-4-7-24/h9-12,20,22,24-26H,3-8,13-19H2,1-2H3,(H2,32,40)(H,34,35). The first-order valence-corrected chi connectivity index (χ1v) is 15.4. The van der Waals surface area contributed by atoms with E-state index in [9.17, 15) is 9.59 Å². The van der Waals surface area contributed by atoms with Crippen LogP contribution in [0.5, 0.6) is 0 Å². The van der Waals surface area contributed by atoms with Crippen LogP contribution in [0.25, 0.3) is 0 Å². The lowest BCUT2D eigenvalue weighted by Gasteiger charge is -2.41. The van der Waals surface area contributed by atoms with Crippen molar-refractivity contribution in [1.29, 1.82) is 0 Å². The monoisotopic (exact) mass is 560 g/mol. The number of hydrogen-bond donors (Lipinski definition) is 2. The highest BCUT2D eigenvalue weighted by Gasteiger charge is 2.43. The Hall–Kier alpha value is -3.40. The summed E-state index contributed by atoms with van der Waals surface area (Å²) >= 11 is 0. The summed E-state index contributed by atoms with van der Waals surface area (Å²) in [7, 11) is 3.60. The summed E-state index contributed by atoms with van der Waals surface area (Å²) in [6, 6.07) is 9.71. The maximum atomic E-state index is 12.8. The summed E-state index contributed by atoms with van der Waals surface area (Å²) in [6.45, 7) is 3.95. The molecule has 4 heterocycles. The molecule has 41 heavy (non-hydrogen) atoms. The summed E-state index contributed by atoms with van der Waals surface area (Å²) in [5.74, 6) is 1.05. The molecule has 2 aromatic rings. The van der Waals surface area contributed by atoms with Crippen LogP contribution in [0, 0.1) is 0 Å². The number of aromatic nitrogens is 2. The number of nitrogens with two attached hydrogens (primary N) is 1. The second kappa shape index (κ2) is 11.8. The minimum absolute atomic E-state index is 0.0553. The molecular weight excluding hydrogens is 516 g/mol. The lowest BCUT2D eigenvalue weighted by atomic mass is 9.88. The van der Waals surface area contributed by atoms with Crippen molar-refractivity contribution in [3.05, 3.63) is 41.7 Å². The highest BCUT2D eigenvalue weighted by atomic mass is 16.2. The average Bonchev–Trinajstić information content (AvgIpc) is 3.68. The summed E-state index contributed by atoms with van der Waals surface area (Å²) in [5, 5.41) is 3.33. The van der Waals surface area contributed by atoms with E-state index in [2.05, 4.69) is 44.4 Å². The smallest absolute Gasteiger partial charge is 0.319 e. The van der Waals surface area contributed by atoms with Crippen LogP contribution in [0.15, 0.2) is 30.5 Å². The molecule has 0 radical (unpaired) electrons. The first-order chi connectivity index (χ1) is 19.9. The third-order valence-electron chi connectivity index (χ3n) is 9.74. The van der Waals surface area contributed by atoms with Gasteiger partial charge in [-0.05, 0) is 81.6 Å². The van der Waals surface area contributed by atoms with E-state index >= 15 is 0 Å². The zero-order valence-electron chi connectivity index (χ0n) is 24.5. The van der Waals surface area contributed by atoms with Crippen molar-refractivity contribution >= 4 is 29.3 Å². The van der Waals surface area contributed by atoms with Crippen LogP contribution in [0.2, 0.25) is 0 Å². The molecule has 4 aliphatic rings. The van der Waals surface area contributed by atoms with Crippen LogP contribution in [0.1, 0.15) is 79.8 Å². The quantitative estimate of drug-likeness (QED) is 0.546. The second-order valence-corrected chi connectivity index (χ2v) is 12.4. The fourth-order valence-electron chi connectivity index (χ4n) is 7.59. The average molecular weight is 561 g/mol. The Bertz CT molecular complexity index is 1240. The van der Waals surface area contributed by atoms with Crippen molar-refractivity contribution in [2.45, 2.75) is 81.8 Å². The second-order valence-electron chi connectivity index (χ2n) is 12.4. The first kappa shape index (κ1) is 27.8. The van der Waals surface area contributed by atoms with Gasteiger partial charge in [0.05, 0.1) is 18.3 Å². The van der Waals surface area contributed by atoms with Crippen molar-refractivity contribution in [3.63, 3.8) is 0 Å². The summed E-state index contributed by atoms with van der Waals surface area (Å²) in [4.78, 5) is 42.9. The molecule has 10 nitrogen and oxygen atoms in total. The number of amides is 3. The molecule has 0 bridgehead atoms. The molecular formula is C31H44N8O2. The third-order valence-corrected chi connectivity index (χ3v) is 9.74. The third kappa shape index (κ3) is 5.71. The molecule has 3 aliphatic heterocycles. The van der Waals surface area contributed by atoms with E-state index in [0.29, 0.717) is 17.6 Å². The van der Waals surface area contributed by atoms with Crippen molar-refractivity contribution < 1.29 is 9.59 Å². The number of fused-ring (bicyclic) bond motifs is 1. The van der Waals surface area contributed by atoms with E-state index < -0.39 is 5.91 Å². The Labute approximate surface area is 243 Å². The summed E-state index contributed by atoms with van der Waals surface area (Å²) < 4.78 is 0. The first-order valence-electron chi connectivity index (χ1n) is 15.4. The lowest BCUT2D eigenvalue weighted by Crippen LogP contribution is -2.53. The van der Waals surface area contributed by atoms with Gasteiger partial charge in [-0.2, -0.15) is 0 Å². The molecule has 2 unspecified atom stereocenters. The lowest BCUT2D eigenvalue weighted by molar-refractivity contribution is 0.0996. The molecule has 2 atom stereocenters. The molecule has 3 N–H and O–H groups in total. The van der Waals surface area contributed by atoms with E-state index in [-0.39, 0.29) is 23.8 Å². The molecule has 3 saturated heterocycles. The fourth-order valence-corrected chi connectivity index (χ4v) is 7.59. The molecule has 4 fully saturated rings. The van der Waals surface area contributed by atoms with Crippen LogP contribution in [-0.4, -0.2) is 95.0 Å². The van der Waals surface area contributed by atoms with E-state index in [1.807, 2.05) is 4.90 Å². The molecule has 10 heteroatoms. The molecule has 3 amide bonds. The molecule has 1 aromatic carbocycles. The zero-order valence-corrected chi connectivity index (χ0v) is 24.5. The number of urea groups is 1. The SMILES string of the molecule is CN(C)C(=O)N1CCC2C1CCCN2c1cnc(C(N)=O)c(Nc2ccc(C3CCN(C4CCCC4)CC3)cc2)n1.